The summed E-state index contributed by atoms with van der Waals surface area (Å²) in [5, 5.41) is 0. The number of hydrogen-bond donors (Lipinski definition) is 0. The molecule has 0 aromatic rings. The van der Waals surface area contributed by atoms with Gasteiger partial charge in [-0.3, -0.25) is 0 Å². The van der Waals surface area contributed by atoms with Crippen LogP contribution in [0.3, 0.4) is 0 Å². The third kappa shape index (κ3) is 4.46. The monoisotopic (exact) mass is 300 g/mol. The number of fused-ring (bicyclic) bond motifs is 1. The maximum atomic E-state index is 11.8. The van der Waals surface area contributed by atoms with Crippen LogP contribution < -0.4 is 0 Å². The van der Waals surface area contributed by atoms with E-state index in [1.54, 1.807) is 0 Å². The first-order chi connectivity index (χ1) is 10.5. The number of carbonyl (C=O) groups excluding carboxylic acids is 1. The van der Waals surface area contributed by atoms with Crippen LogP contribution in [0.25, 0.3) is 0 Å². The summed E-state index contributed by atoms with van der Waals surface area (Å²) in [4.78, 5) is 11.8. The van der Waals surface area contributed by atoms with E-state index in [9.17, 15) is 4.79 Å². The van der Waals surface area contributed by atoms with Crippen LogP contribution in [-0.4, -0.2) is 12.1 Å². The fraction of sp³-hybridized carbons (Fsp3) is 0.550. The largest absolute Gasteiger partial charge is 0.454 e. The molecule has 2 atom stereocenters. The average Bonchev–Trinajstić information content (AvgIpc) is 2.71. The molecule has 0 radical (unpaired) electrons. The summed E-state index contributed by atoms with van der Waals surface area (Å²) in [6, 6.07) is 0. The van der Waals surface area contributed by atoms with Crippen LogP contribution in [0, 0.1) is 5.92 Å². The van der Waals surface area contributed by atoms with E-state index in [2.05, 4.69) is 45.6 Å². The number of rotatable bonds is 0. The van der Waals surface area contributed by atoms with Crippen molar-refractivity contribution >= 4 is 5.97 Å². The van der Waals surface area contributed by atoms with E-state index in [0.717, 1.165) is 38.5 Å². The Labute approximate surface area is 134 Å². The Morgan fingerprint density at radius 2 is 1.59 bits per heavy atom. The summed E-state index contributed by atoms with van der Waals surface area (Å²) >= 11 is 0. The molecule has 1 heterocycles. The predicted molar refractivity (Wildman–Crippen MR) is 91.5 cm³/mol. The van der Waals surface area contributed by atoms with Gasteiger partial charge in [0.15, 0.2) is 0 Å². The highest BCUT2D eigenvalue weighted by Crippen LogP contribution is 2.33. The van der Waals surface area contributed by atoms with Gasteiger partial charge >= 0.3 is 5.97 Å². The van der Waals surface area contributed by atoms with Crippen LogP contribution in [0.15, 0.2) is 47.1 Å². The molecule has 1 aliphatic carbocycles. The van der Waals surface area contributed by atoms with Gasteiger partial charge in [0.25, 0.3) is 0 Å². The minimum absolute atomic E-state index is 0.124. The van der Waals surface area contributed by atoms with E-state index in [-0.39, 0.29) is 18.0 Å². The summed E-state index contributed by atoms with van der Waals surface area (Å²) in [5.41, 5.74) is 4.81. The third-order valence-electron chi connectivity index (χ3n) is 4.71. The van der Waals surface area contributed by atoms with E-state index in [1.165, 1.54) is 16.7 Å². The van der Waals surface area contributed by atoms with Crippen LogP contribution in [0.5, 0.6) is 0 Å². The lowest BCUT2D eigenvalue weighted by molar-refractivity contribution is -0.137. The standard InChI is InChI=1S/C20H28O2/c1-14-7-5-9-15(2)11-12-18-17(4)20(21)22-19(18)13-16(3)10-6-8-14/h8-9,13,18-19H,4-7,10-12H2,1-3H3/b14-8-,15-9-,16-13+/t18-,19-/m0/s1. The average molecular weight is 300 g/mol. The van der Waals surface area contributed by atoms with Gasteiger partial charge in [0, 0.05) is 11.5 Å². The van der Waals surface area contributed by atoms with Crippen LogP contribution in [-0.2, 0) is 9.53 Å². The lowest BCUT2D eigenvalue weighted by atomic mass is 9.89. The Morgan fingerprint density at radius 1 is 1.00 bits per heavy atom. The Hall–Kier alpha value is -1.57. The second kappa shape index (κ2) is 7.62. The Balaban J connectivity index is 2.19. The molecule has 0 spiro atoms. The molecule has 0 saturated carbocycles. The number of esters is 1. The Kier molecular flexibility index (Phi) is 5.82. The van der Waals surface area contributed by atoms with Gasteiger partial charge in [-0.25, -0.2) is 4.79 Å². The zero-order chi connectivity index (χ0) is 16.1. The maximum absolute atomic E-state index is 11.8. The van der Waals surface area contributed by atoms with Crippen LogP contribution in [0.2, 0.25) is 0 Å². The summed E-state index contributed by atoms with van der Waals surface area (Å²) < 4.78 is 5.51. The Morgan fingerprint density at radius 3 is 2.27 bits per heavy atom. The molecule has 22 heavy (non-hydrogen) atoms. The summed E-state index contributed by atoms with van der Waals surface area (Å²) in [6.07, 6.45) is 13.0. The van der Waals surface area contributed by atoms with Crippen molar-refractivity contribution in [2.24, 2.45) is 5.92 Å². The zero-order valence-electron chi connectivity index (χ0n) is 14.2. The fourth-order valence-electron chi connectivity index (χ4n) is 3.16. The smallest absolute Gasteiger partial charge is 0.334 e. The van der Waals surface area contributed by atoms with Crippen molar-refractivity contribution in [1.82, 2.24) is 0 Å². The van der Waals surface area contributed by atoms with Crippen molar-refractivity contribution in [2.75, 3.05) is 0 Å². The van der Waals surface area contributed by atoms with Gasteiger partial charge < -0.3 is 4.74 Å². The Bertz CT molecular complexity index is 534. The van der Waals surface area contributed by atoms with E-state index >= 15 is 0 Å². The van der Waals surface area contributed by atoms with Crippen LogP contribution >= 0.6 is 0 Å². The van der Waals surface area contributed by atoms with E-state index in [0.29, 0.717) is 5.57 Å². The minimum atomic E-state index is -0.222. The molecule has 0 aromatic heterocycles. The molecular weight excluding hydrogens is 272 g/mol. The van der Waals surface area contributed by atoms with Crippen molar-refractivity contribution in [1.29, 1.82) is 0 Å². The SMILES string of the molecule is C=C1C(=O)O[C@H]2/C=C(\C)CC/C=C(/C)CC/C=C(/C)CC[C@@H]12. The molecular formula is C20H28O2. The summed E-state index contributed by atoms with van der Waals surface area (Å²) in [7, 11) is 0. The highest BCUT2D eigenvalue weighted by Gasteiger charge is 2.36. The van der Waals surface area contributed by atoms with Crippen molar-refractivity contribution in [3.05, 3.63) is 47.1 Å². The molecule has 0 aromatic carbocycles. The molecule has 0 amide bonds. The number of allylic oxidation sites excluding steroid dienone is 5. The lowest BCUT2D eigenvalue weighted by Gasteiger charge is -2.16. The zero-order valence-corrected chi connectivity index (χ0v) is 14.2. The predicted octanol–water partition coefficient (Wildman–Crippen LogP) is 5.28. The van der Waals surface area contributed by atoms with E-state index in [1.807, 2.05) is 0 Å². The molecule has 0 unspecified atom stereocenters. The van der Waals surface area contributed by atoms with Crippen LogP contribution in [0.1, 0.15) is 59.3 Å². The lowest BCUT2D eigenvalue weighted by Crippen LogP contribution is -2.14. The molecule has 1 saturated heterocycles. The first-order valence-corrected chi connectivity index (χ1v) is 8.35. The normalized spacial score (nSPS) is 35.1. The van der Waals surface area contributed by atoms with Gasteiger partial charge in [0.1, 0.15) is 6.10 Å². The maximum Gasteiger partial charge on any atom is 0.334 e. The van der Waals surface area contributed by atoms with Crippen LogP contribution in [0.4, 0.5) is 0 Å². The van der Waals surface area contributed by atoms with Gasteiger partial charge in [-0.2, -0.15) is 0 Å². The number of carbonyl (C=O) groups is 1. The third-order valence-corrected chi connectivity index (χ3v) is 4.71. The van der Waals surface area contributed by atoms with Crippen molar-refractivity contribution in [2.45, 2.75) is 65.4 Å². The number of ether oxygens (including phenoxy) is 1. The molecule has 1 aliphatic heterocycles. The molecule has 0 bridgehead atoms. The molecule has 120 valence electrons. The van der Waals surface area contributed by atoms with E-state index in [4.69, 9.17) is 4.74 Å². The highest BCUT2D eigenvalue weighted by atomic mass is 16.5. The van der Waals surface area contributed by atoms with Gasteiger partial charge in [-0.15, -0.1) is 0 Å². The van der Waals surface area contributed by atoms with Crippen molar-refractivity contribution < 1.29 is 9.53 Å². The first kappa shape index (κ1) is 16.8. The van der Waals surface area contributed by atoms with Gasteiger partial charge in [0.2, 0.25) is 0 Å². The van der Waals surface area contributed by atoms with Crippen molar-refractivity contribution in [3.63, 3.8) is 0 Å². The second-order valence-corrected chi connectivity index (χ2v) is 6.73. The van der Waals surface area contributed by atoms with Gasteiger partial charge in [-0.1, -0.05) is 35.5 Å². The molecule has 1 fully saturated rings. The quantitative estimate of drug-likeness (QED) is 0.346. The second-order valence-electron chi connectivity index (χ2n) is 6.73. The first-order valence-electron chi connectivity index (χ1n) is 8.35. The summed E-state index contributed by atoms with van der Waals surface area (Å²) in [5.74, 6) is -0.0910. The number of hydrogen-bond acceptors (Lipinski definition) is 2. The molecule has 0 N–H and O–H groups in total. The minimum Gasteiger partial charge on any atom is -0.454 e. The topological polar surface area (TPSA) is 26.3 Å². The van der Waals surface area contributed by atoms with Crippen molar-refractivity contribution in [3.8, 4) is 0 Å². The summed E-state index contributed by atoms with van der Waals surface area (Å²) in [6.45, 7) is 10.5. The van der Waals surface area contributed by atoms with Gasteiger partial charge in [-0.05, 0) is 65.4 Å². The van der Waals surface area contributed by atoms with Gasteiger partial charge in [0.05, 0.1) is 0 Å². The fourth-order valence-corrected chi connectivity index (χ4v) is 3.16. The highest BCUT2D eigenvalue weighted by molar-refractivity contribution is 5.91. The molecule has 2 nitrogen and oxygen atoms in total. The molecule has 2 rings (SSSR count). The molecule has 2 heteroatoms. The van der Waals surface area contributed by atoms with E-state index < -0.39 is 0 Å². The molecule has 2 aliphatic rings.